The molecule has 2 rings (SSSR count). The van der Waals surface area contributed by atoms with Gasteiger partial charge in [-0.25, -0.2) is 4.39 Å². The van der Waals surface area contributed by atoms with Gasteiger partial charge in [-0.2, -0.15) is 0 Å². The summed E-state index contributed by atoms with van der Waals surface area (Å²) in [6.07, 6.45) is 3.51. The second-order valence-corrected chi connectivity index (χ2v) is 4.14. The number of rotatable bonds is 3. The number of halogens is 1. The summed E-state index contributed by atoms with van der Waals surface area (Å²) in [4.78, 5) is 10.6. The van der Waals surface area contributed by atoms with Gasteiger partial charge in [-0.05, 0) is 42.2 Å². The molecule has 0 heterocycles. The molecule has 0 saturated carbocycles. The van der Waals surface area contributed by atoms with E-state index in [-0.39, 0.29) is 11.5 Å². The molecule has 1 aromatic rings. The van der Waals surface area contributed by atoms with E-state index in [1.165, 1.54) is 12.1 Å². The molecule has 1 aliphatic rings. The van der Waals surface area contributed by atoms with Crippen LogP contribution in [0.4, 0.5) is 4.39 Å². The monoisotopic (exact) mass is 244 g/mol. The Morgan fingerprint density at radius 2 is 1.94 bits per heavy atom. The molecule has 0 aliphatic heterocycles. The first-order valence-corrected chi connectivity index (χ1v) is 5.61. The van der Waals surface area contributed by atoms with Crippen molar-refractivity contribution in [3.8, 4) is 0 Å². The molecule has 4 heteroatoms. The third kappa shape index (κ3) is 2.37. The Kier molecular flexibility index (Phi) is 3.37. The van der Waals surface area contributed by atoms with Crippen molar-refractivity contribution in [1.29, 1.82) is 5.41 Å². The summed E-state index contributed by atoms with van der Waals surface area (Å²) in [7, 11) is 0. The fourth-order valence-corrected chi connectivity index (χ4v) is 2.00. The first-order valence-electron chi connectivity index (χ1n) is 5.61. The average molecular weight is 244 g/mol. The quantitative estimate of drug-likeness (QED) is 0.633. The van der Waals surface area contributed by atoms with Crippen molar-refractivity contribution in [2.45, 2.75) is 12.8 Å². The van der Waals surface area contributed by atoms with Crippen molar-refractivity contribution in [3.63, 3.8) is 0 Å². The number of hydrogen-bond donors (Lipinski definition) is 2. The maximum atomic E-state index is 12.8. The third-order valence-electron chi connectivity index (χ3n) is 2.98. The predicted molar refractivity (Wildman–Crippen MR) is 68.6 cm³/mol. The number of aldehydes is 1. The Hall–Kier alpha value is -2.23. The lowest BCUT2D eigenvalue weighted by Crippen LogP contribution is -2.14. The Morgan fingerprint density at radius 3 is 2.50 bits per heavy atom. The summed E-state index contributed by atoms with van der Waals surface area (Å²) in [6.45, 7) is 0. The van der Waals surface area contributed by atoms with E-state index in [0.29, 0.717) is 30.4 Å². The standard InChI is InChI=1S/C14H13FN2O/c15-11-4-1-9(2-5-11)10-3-6-12(13(16)7-10)14(17)8-18/h1-2,4-5,7-8,17H,3,6,16H2. The van der Waals surface area contributed by atoms with Crippen LogP contribution in [0.25, 0.3) is 5.57 Å². The van der Waals surface area contributed by atoms with Gasteiger partial charge in [-0.1, -0.05) is 12.1 Å². The Balaban J connectivity index is 2.33. The minimum atomic E-state index is -0.276. The highest BCUT2D eigenvalue weighted by atomic mass is 19.1. The summed E-state index contributed by atoms with van der Waals surface area (Å²) < 4.78 is 12.8. The molecule has 1 aromatic carbocycles. The van der Waals surface area contributed by atoms with Crippen LogP contribution in [0.3, 0.4) is 0 Å². The molecule has 3 N–H and O–H groups in total. The van der Waals surface area contributed by atoms with Crippen LogP contribution in [0.5, 0.6) is 0 Å². The molecule has 0 fully saturated rings. The number of allylic oxidation sites excluding steroid dienone is 3. The van der Waals surface area contributed by atoms with Gasteiger partial charge in [-0.3, -0.25) is 10.2 Å². The SMILES string of the molecule is N=C(C=O)C1=C(N)C=C(c2ccc(F)cc2)CC1. The second-order valence-electron chi connectivity index (χ2n) is 4.14. The summed E-state index contributed by atoms with van der Waals surface area (Å²) in [6, 6.07) is 6.20. The molecule has 0 radical (unpaired) electrons. The highest BCUT2D eigenvalue weighted by molar-refractivity contribution is 6.35. The van der Waals surface area contributed by atoms with Crippen molar-refractivity contribution >= 4 is 17.6 Å². The zero-order valence-corrected chi connectivity index (χ0v) is 9.74. The molecular formula is C14H13FN2O. The lowest BCUT2D eigenvalue weighted by molar-refractivity contribution is -0.102. The highest BCUT2D eigenvalue weighted by Crippen LogP contribution is 2.29. The van der Waals surface area contributed by atoms with Gasteiger partial charge in [0.2, 0.25) is 0 Å². The molecule has 0 amide bonds. The van der Waals surface area contributed by atoms with Crippen LogP contribution in [-0.4, -0.2) is 12.0 Å². The first kappa shape index (κ1) is 12.2. The topological polar surface area (TPSA) is 66.9 Å². The van der Waals surface area contributed by atoms with Gasteiger partial charge < -0.3 is 5.73 Å². The predicted octanol–water partition coefficient (Wildman–Crippen LogP) is 2.43. The fraction of sp³-hybridized carbons (Fsp3) is 0.143. The summed E-state index contributed by atoms with van der Waals surface area (Å²) in [5, 5.41) is 7.48. The van der Waals surface area contributed by atoms with Gasteiger partial charge in [-0.15, -0.1) is 0 Å². The van der Waals surface area contributed by atoms with E-state index >= 15 is 0 Å². The average Bonchev–Trinajstić information content (AvgIpc) is 2.38. The van der Waals surface area contributed by atoms with Crippen molar-refractivity contribution in [3.05, 3.63) is 53.0 Å². The van der Waals surface area contributed by atoms with Crippen molar-refractivity contribution < 1.29 is 9.18 Å². The number of benzene rings is 1. The van der Waals surface area contributed by atoms with E-state index in [4.69, 9.17) is 11.1 Å². The van der Waals surface area contributed by atoms with E-state index in [1.54, 1.807) is 18.2 Å². The zero-order chi connectivity index (χ0) is 13.1. The maximum absolute atomic E-state index is 12.8. The van der Waals surface area contributed by atoms with Gasteiger partial charge >= 0.3 is 0 Å². The van der Waals surface area contributed by atoms with Gasteiger partial charge in [0.25, 0.3) is 0 Å². The molecule has 0 bridgehead atoms. The van der Waals surface area contributed by atoms with Gasteiger partial charge in [0.15, 0.2) is 6.29 Å². The Labute approximate surface area is 104 Å². The Bertz CT molecular complexity index is 556. The number of hydrogen-bond acceptors (Lipinski definition) is 3. The van der Waals surface area contributed by atoms with Crippen molar-refractivity contribution in [2.75, 3.05) is 0 Å². The van der Waals surface area contributed by atoms with Gasteiger partial charge in [0.05, 0.1) is 5.71 Å². The normalized spacial score (nSPS) is 15.3. The smallest absolute Gasteiger partial charge is 0.168 e. The molecule has 18 heavy (non-hydrogen) atoms. The van der Waals surface area contributed by atoms with Crippen LogP contribution in [0, 0.1) is 11.2 Å². The lowest BCUT2D eigenvalue weighted by Gasteiger charge is -2.17. The first-order chi connectivity index (χ1) is 8.61. The zero-order valence-electron chi connectivity index (χ0n) is 9.74. The van der Waals surface area contributed by atoms with Gasteiger partial charge in [0, 0.05) is 11.3 Å². The van der Waals surface area contributed by atoms with E-state index < -0.39 is 0 Å². The van der Waals surface area contributed by atoms with Crippen LogP contribution in [0.1, 0.15) is 18.4 Å². The fourth-order valence-electron chi connectivity index (χ4n) is 2.00. The number of carbonyl (C=O) groups is 1. The van der Waals surface area contributed by atoms with E-state index in [1.807, 2.05) is 0 Å². The molecular weight excluding hydrogens is 231 g/mol. The van der Waals surface area contributed by atoms with E-state index in [2.05, 4.69) is 0 Å². The molecule has 0 unspecified atom stereocenters. The van der Waals surface area contributed by atoms with Crippen LogP contribution in [0.15, 0.2) is 41.6 Å². The van der Waals surface area contributed by atoms with Crippen LogP contribution < -0.4 is 5.73 Å². The number of carbonyl (C=O) groups excluding carboxylic acids is 1. The van der Waals surface area contributed by atoms with E-state index in [9.17, 15) is 9.18 Å². The van der Waals surface area contributed by atoms with Crippen LogP contribution in [-0.2, 0) is 4.79 Å². The van der Waals surface area contributed by atoms with Gasteiger partial charge in [0.1, 0.15) is 5.82 Å². The molecule has 0 atom stereocenters. The van der Waals surface area contributed by atoms with Crippen molar-refractivity contribution in [2.24, 2.45) is 5.73 Å². The van der Waals surface area contributed by atoms with Crippen molar-refractivity contribution in [1.82, 2.24) is 0 Å². The maximum Gasteiger partial charge on any atom is 0.168 e. The molecule has 3 nitrogen and oxygen atoms in total. The summed E-state index contributed by atoms with van der Waals surface area (Å²) >= 11 is 0. The molecule has 92 valence electrons. The minimum Gasteiger partial charge on any atom is -0.398 e. The van der Waals surface area contributed by atoms with E-state index in [0.717, 1.165) is 11.1 Å². The Morgan fingerprint density at radius 1 is 1.28 bits per heavy atom. The molecule has 0 spiro atoms. The number of nitrogens with two attached hydrogens (primary N) is 1. The lowest BCUT2D eigenvalue weighted by atomic mass is 9.90. The largest absolute Gasteiger partial charge is 0.398 e. The molecule has 0 aromatic heterocycles. The molecule has 0 saturated heterocycles. The van der Waals surface area contributed by atoms with Crippen LogP contribution >= 0.6 is 0 Å². The third-order valence-corrected chi connectivity index (χ3v) is 2.98. The minimum absolute atomic E-state index is 0.0677. The number of nitrogens with one attached hydrogen (secondary N) is 1. The summed E-state index contributed by atoms with van der Waals surface area (Å²) in [5.41, 5.74) is 8.70. The molecule has 1 aliphatic carbocycles. The summed E-state index contributed by atoms with van der Waals surface area (Å²) in [5.74, 6) is -0.276. The highest BCUT2D eigenvalue weighted by Gasteiger charge is 2.15. The van der Waals surface area contributed by atoms with Crippen LogP contribution in [0.2, 0.25) is 0 Å². The second kappa shape index (κ2) is 4.96.